The molecule has 13 heavy (non-hydrogen) atoms. The fourth-order valence-corrected chi connectivity index (χ4v) is 1.41. The molecule has 0 N–H and O–H groups in total. The molecule has 0 amide bonds. The molecule has 5 nitrogen and oxygen atoms in total. The van der Waals surface area contributed by atoms with E-state index in [0.717, 1.165) is 11.5 Å². The summed E-state index contributed by atoms with van der Waals surface area (Å²) in [6, 6.07) is 0. The van der Waals surface area contributed by atoms with Gasteiger partial charge in [-0.2, -0.15) is 5.10 Å². The molecule has 2 aromatic rings. The van der Waals surface area contributed by atoms with Gasteiger partial charge in [0.2, 0.25) is 5.28 Å². The van der Waals surface area contributed by atoms with Gasteiger partial charge < -0.3 is 0 Å². The fourth-order valence-electron chi connectivity index (χ4n) is 1.15. The number of aryl methyl sites for hydroxylation is 2. The van der Waals surface area contributed by atoms with Gasteiger partial charge in [0.1, 0.15) is 5.82 Å². The Bertz CT molecular complexity index is 410. The van der Waals surface area contributed by atoms with E-state index in [1.54, 1.807) is 15.4 Å². The molecule has 68 valence electrons. The first kappa shape index (κ1) is 8.25. The first-order valence-electron chi connectivity index (χ1n) is 3.75. The number of halogens is 1. The molecule has 0 aliphatic heterocycles. The van der Waals surface area contributed by atoms with E-state index in [1.165, 1.54) is 0 Å². The van der Waals surface area contributed by atoms with Crippen molar-refractivity contribution in [2.75, 3.05) is 0 Å². The van der Waals surface area contributed by atoms with Crippen molar-refractivity contribution in [2.24, 2.45) is 7.05 Å². The summed E-state index contributed by atoms with van der Waals surface area (Å²) >= 11 is 5.84. The minimum atomic E-state index is 0.352. The predicted molar refractivity (Wildman–Crippen MR) is 47.9 cm³/mol. The Balaban J connectivity index is 2.57. The van der Waals surface area contributed by atoms with E-state index in [-0.39, 0.29) is 0 Å². The molecule has 0 aliphatic carbocycles. The Morgan fingerprint density at radius 3 is 2.62 bits per heavy atom. The highest BCUT2D eigenvalue weighted by molar-refractivity contribution is 6.28. The van der Waals surface area contributed by atoms with Crippen LogP contribution in [0.25, 0.3) is 5.69 Å². The fraction of sp³-hybridized carbons (Fsp3) is 0.286. The second kappa shape index (κ2) is 2.85. The second-order valence-corrected chi connectivity index (χ2v) is 3.06. The normalized spacial score (nSPS) is 10.7. The molecule has 0 atom stereocenters. The van der Waals surface area contributed by atoms with Gasteiger partial charge in [-0.3, -0.25) is 9.25 Å². The summed E-state index contributed by atoms with van der Waals surface area (Å²) in [5.74, 6) is 0.748. The van der Waals surface area contributed by atoms with Crippen LogP contribution in [0.1, 0.15) is 5.82 Å². The maximum absolute atomic E-state index is 5.84. The van der Waals surface area contributed by atoms with Crippen molar-refractivity contribution in [3.05, 3.63) is 23.5 Å². The Morgan fingerprint density at radius 1 is 1.38 bits per heavy atom. The molecular weight excluding hydrogens is 190 g/mol. The van der Waals surface area contributed by atoms with E-state index in [2.05, 4.69) is 15.3 Å². The maximum Gasteiger partial charge on any atom is 0.229 e. The van der Waals surface area contributed by atoms with Crippen LogP contribution in [-0.2, 0) is 7.05 Å². The molecule has 0 aromatic carbocycles. The summed E-state index contributed by atoms with van der Waals surface area (Å²) in [5, 5.41) is 12.0. The lowest BCUT2D eigenvalue weighted by Gasteiger charge is -1.98. The van der Waals surface area contributed by atoms with Crippen LogP contribution < -0.4 is 0 Å². The lowest BCUT2D eigenvalue weighted by molar-refractivity contribution is 0.767. The van der Waals surface area contributed by atoms with Gasteiger partial charge in [-0.25, -0.2) is 0 Å². The standard InChI is InChI=1S/C7H8ClN5/c1-5-10-11-7(8)13(5)6-3-9-12(2)4-6/h3-4H,1-2H3. The molecule has 0 radical (unpaired) electrons. The molecule has 0 saturated heterocycles. The Morgan fingerprint density at radius 2 is 2.15 bits per heavy atom. The second-order valence-electron chi connectivity index (χ2n) is 2.72. The van der Waals surface area contributed by atoms with Crippen molar-refractivity contribution in [3.63, 3.8) is 0 Å². The van der Waals surface area contributed by atoms with Crippen LogP contribution in [0.3, 0.4) is 0 Å². The van der Waals surface area contributed by atoms with Crippen LogP contribution in [0.2, 0.25) is 5.28 Å². The zero-order valence-corrected chi connectivity index (χ0v) is 8.02. The smallest absolute Gasteiger partial charge is 0.229 e. The zero-order chi connectivity index (χ0) is 9.42. The first-order chi connectivity index (χ1) is 6.18. The highest BCUT2D eigenvalue weighted by Gasteiger charge is 2.09. The van der Waals surface area contributed by atoms with E-state index in [0.29, 0.717) is 5.28 Å². The van der Waals surface area contributed by atoms with E-state index < -0.39 is 0 Å². The Labute approximate surface area is 80.0 Å². The molecule has 6 heteroatoms. The minimum Gasteiger partial charge on any atom is -0.274 e. The molecule has 0 unspecified atom stereocenters. The minimum absolute atomic E-state index is 0.352. The Kier molecular flexibility index (Phi) is 1.81. The van der Waals surface area contributed by atoms with Gasteiger partial charge in [0.25, 0.3) is 0 Å². The summed E-state index contributed by atoms with van der Waals surface area (Å²) in [7, 11) is 1.84. The van der Waals surface area contributed by atoms with Crippen molar-refractivity contribution >= 4 is 11.6 Å². The quantitative estimate of drug-likeness (QED) is 0.684. The van der Waals surface area contributed by atoms with E-state index in [4.69, 9.17) is 11.6 Å². The van der Waals surface area contributed by atoms with E-state index in [1.807, 2.05) is 20.2 Å². The van der Waals surface area contributed by atoms with Crippen molar-refractivity contribution in [1.82, 2.24) is 24.5 Å². The molecule has 0 aliphatic rings. The maximum atomic E-state index is 5.84. The summed E-state index contributed by atoms with van der Waals surface area (Å²) in [6.07, 6.45) is 3.56. The van der Waals surface area contributed by atoms with Crippen LogP contribution >= 0.6 is 11.6 Å². The van der Waals surface area contributed by atoms with Crippen LogP contribution in [0, 0.1) is 6.92 Å². The highest BCUT2D eigenvalue weighted by atomic mass is 35.5. The van der Waals surface area contributed by atoms with Gasteiger partial charge in [-0.15, -0.1) is 10.2 Å². The molecule has 2 heterocycles. The predicted octanol–water partition coefficient (Wildman–Crippen LogP) is 0.963. The average Bonchev–Trinajstić information content (AvgIpc) is 2.60. The SMILES string of the molecule is Cc1nnc(Cl)n1-c1cnn(C)c1. The van der Waals surface area contributed by atoms with Gasteiger partial charge >= 0.3 is 0 Å². The number of aromatic nitrogens is 5. The van der Waals surface area contributed by atoms with Crippen LogP contribution in [-0.4, -0.2) is 24.5 Å². The molecule has 2 aromatic heterocycles. The first-order valence-corrected chi connectivity index (χ1v) is 4.13. The average molecular weight is 198 g/mol. The largest absolute Gasteiger partial charge is 0.274 e. The van der Waals surface area contributed by atoms with Crippen molar-refractivity contribution in [2.45, 2.75) is 6.92 Å². The lowest BCUT2D eigenvalue weighted by Crippen LogP contribution is -1.95. The highest BCUT2D eigenvalue weighted by Crippen LogP contribution is 2.14. The third-order valence-corrected chi connectivity index (χ3v) is 1.98. The van der Waals surface area contributed by atoms with Crippen molar-refractivity contribution < 1.29 is 0 Å². The van der Waals surface area contributed by atoms with Gasteiger partial charge in [0.15, 0.2) is 0 Å². The summed E-state index contributed by atoms with van der Waals surface area (Å²) in [6.45, 7) is 1.84. The van der Waals surface area contributed by atoms with Crippen LogP contribution in [0.4, 0.5) is 0 Å². The van der Waals surface area contributed by atoms with Gasteiger partial charge in [-0.05, 0) is 18.5 Å². The molecule has 0 fully saturated rings. The monoisotopic (exact) mass is 197 g/mol. The Hall–Kier alpha value is -1.36. The van der Waals surface area contributed by atoms with Gasteiger partial charge in [0.05, 0.1) is 11.9 Å². The molecular formula is C7H8ClN5. The van der Waals surface area contributed by atoms with E-state index in [9.17, 15) is 0 Å². The summed E-state index contributed by atoms with van der Waals surface area (Å²) in [5.41, 5.74) is 0.870. The molecule has 0 bridgehead atoms. The number of nitrogens with zero attached hydrogens (tertiary/aromatic N) is 5. The topological polar surface area (TPSA) is 48.5 Å². The van der Waals surface area contributed by atoms with Crippen molar-refractivity contribution in [1.29, 1.82) is 0 Å². The van der Waals surface area contributed by atoms with Gasteiger partial charge in [0, 0.05) is 13.2 Å². The third-order valence-electron chi connectivity index (χ3n) is 1.73. The van der Waals surface area contributed by atoms with Crippen LogP contribution in [0.15, 0.2) is 12.4 Å². The zero-order valence-electron chi connectivity index (χ0n) is 7.27. The summed E-state index contributed by atoms with van der Waals surface area (Å²) < 4.78 is 3.43. The van der Waals surface area contributed by atoms with E-state index >= 15 is 0 Å². The number of hydrogen-bond acceptors (Lipinski definition) is 3. The lowest BCUT2D eigenvalue weighted by atomic mass is 10.5. The third kappa shape index (κ3) is 1.31. The molecule has 0 saturated carbocycles. The van der Waals surface area contributed by atoms with Gasteiger partial charge in [-0.1, -0.05) is 0 Å². The molecule has 0 spiro atoms. The van der Waals surface area contributed by atoms with Crippen molar-refractivity contribution in [3.8, 4) is 5.69 Å². The number of hydrogen-bond donors (Lipinski definition) is 0. The molecule has 2 rings (SSSR count). The number of rotatable bonds is 1. The summed E-state index contributed by atoms with van der Waals surface area (Å²) in [4.78, 5) is 0. The van der Waals surface area contributed by atoms with Crippen LogP contribution in [0.5, 0.6) is 0 Å².